The molecule has 0 saturated carbocycles. The predicted molar refractivity (Wildman–Crippen MR) is 92.2 cm³/mol. The molecular formula is C19H33NO3. The molecule has 0 aromatic rings. The molecule has 23 heavy (non-hydrogen) atoms. The first-order chi connectivity index (χ1) is 11.2. The Morgan fingerprint density at radius 2 is 2.04 bits per heavy atom. The molecule has 0 aromatic carbocycles. The number of unbranched alkanes of at least 4 members (excludes halogenated alkanes) is 3. The Balaban J connectivity index is 1.47. The van der Waals surface area contributed by atoms with Gasteiger partial charge >= 0.3 is 0 Å². The molecule has 2 heterocycles. The number of allylic oxidation sites excluding steroid dienone is 2. The van der Waals surface area contributed by atoms with E-state index >= 15 is 0 Å². The van der Waals surface area contributed by atoms with E-state index in [1.54, 1.807) is 6.92 Å². The van der Waals surface area contributed by atoms with Gasteiger partial charge in [-0.2, -0.15) is 0 Å². The number of ketones is 1. The fraction of sp³-hybridized carbons (Fsp3) is 0.842. The fourth-order valence-electron chi connectivity index (χ4n) is 3.53. The average molecular weight is 323 g/mol. The van der Waals surface area contributed by atoms with Gasteiger partial charge in [0.1, 0.15) is 0 Å². The summed E-state index contributed by atoms with van der Waals surface area (Å²) in [6, 6.07) is 0.546. The van der Waals surface area contributed by atoms with Gasteiger partial charge in [-0.15, -0.1) is 0 Å². The quantitative estimate of drug-likeness (QED) is 0.649. The Hall–Kier alpha value is -0.870. The van der Waals surface area contributed by atoms with Crippen molar-refractivity contribution in [3.05, 3.63) is 11.3 Å². The van der Waals surface area contributed by atoms with E-state index in [9.17, 15) is 4.79 Å². The van der Waals surface area contributed by atoms with Crippen LogP contribution in [0.3, 0.4) is 0 Å². The summed E-state index contributed by atoms with van der Waals surface area (Å²) in [5.74, 6) is 0.218. The van der Waals surface area contributed by atoms with Gasteiger partial charge in [0.25, 0.3) is 0 Å². The van der Waals surface area contributed by atoms with Crippen molar-refractivity contribution in [3.8, 4) is 0 Å². The van der Waals surface area contributed by atoms with Gasteiger partial charge in [-0.3, -0.25) is 4.79 Å². The first kappa shape index (κ1) is 18.5. The molecule has 2 atom stereocenters. The molecule has 1 saturated heterocycles. The van der Waals surface area contributed by atoms with Crippen LogP contribution in [0.4, 0.5) is 0 Å². The molecule has 2 rings (SSSR count). The summed E-state index contributed by atoms with van der Waals surface area (Å²) in [6.07, 6.45) is 11.6. The summed E-state index contributed by atoms with van der Waals surface area (Å²) in [6.45, 7) is 5.39. The monoisotopic (exact) mass is 323 g/mol. The average Bonchev–Trinajstić information content (AvgIpc) is 2.54. The molecule has 2 aliphatic rings. The van der Waals surface area contributed by atoms with Crippen LogP contribution in [-0.2, 0) is 14.3 Å². The standard InChI is InChI=1S/C19H33NO3/c1-15-18(16(2)21)12-11-17(20-15)9-5-3-4-7-13-22-19-10-6-8-14-23-19/h17,19-20H,3-14H2,1-2H3/t17-,19?/m1/s1. The Morgan fingerprint density at radius 3 is 2.74 bits per heavy atom. The zero-order valence-electron chi connectivity index (χ0n) is 14.9. The van der Waals surface area contributed by atoms with E-state index in [1.807, 2.05) is 6.92 Å². The lowest BCUT2D eigenvalue weighted by atomic mass is 9.93. The van der Waals surface area contributed by atoms with Gasteiger partial charge in [-0.1, -0.05) is 19.3 Å². The normalized spacial score (nSPS) is 25.3. The van der Waals surface area contributed by atoms with Crippen LogP contribution in [0.2, 0.25) is 0 Å². The Bertz CT molecular complexity index is 399. The highest BCUT2D eigenvalue weighted by atomic mass is 16.7. The second-order valence-corrected chi connectivity index (χ2v) is 6.91. The fourth-order valence-corrected chi connectivity index (χ4v) is 3.53. The van der Waals surface area contributed by atoms with E-state index in [1.165, 1.54) is 38.5 Å². The van der Waals surface area contributed by atoms with E-state index < -0.39 is 0 Å². The number of hydrogen-bond acceptors (Lipinski definition) is 4. The van der Waals surface area contributed by atoms with Gasteiger partial charge in [0, 0.05) is 30.5 Å². The van der Waals surface area contributed by atoms with Crippen LogP contribution < -0.4 is 5.32 Å². The molecule has 0 aliphatic carbocycles. The van der Waals surface area contributed by atoms with Crippen LogP contribution in [-0.4, -0.2) is 31.3 Å². The SMILES string of the molecule is CC(=O)C1=C(C)N[C@H](CCCCCCOC2CCCCO2)CC1. The Morgan fingerprint density at radius 1 is 1.22 bits per heavy atom. The second kappa shape index (κ2) is 10.1. The zero-order chi connectivity index (χ0) is 16.5. The van der Waals surface area contributed by atoms with Crippen LogP contribution in [0.25, 0.3) is 0 Å². The number of carbonyl (C=O) groups excluding carboxylic acids is 1. The molecule has 0 bridgehead atoms. The van der Waals surface area contributed by atoms with E-state index in [2.05, 4.69) is 5.32 Å². The van der Waals surface area contributed by atoms with E-state index in [0.717, 1.165) is 50.2 Å². The lowest BCUT2D eigenvalue weighted by Crippen LogP contribution is -2.33. The van der Waals surface area contributed by atoms with Gasteiger partial charge in [0.2, 0.25) is 0 Å². The maximum Gasteiger partial charge on any atom is 0.157 e. The first-order valence-electron chi connectivity index (χ1n) is 9.37. The number of nitrogens with one attached hydrogen (secondary N) is 1. The van der Waals surface area contributed by atoms with Crippen molar-refractivity contribution in [1.29, 1.82) is 0 Å². The third-order valence-electron chi connectivity index (χ3n) is 4.93. The maximum absolute atomic E-state index is 11.5. The van der Waals surface area contributed by atoms with Gasteiger partial charge < -0.3 is 14.8 Å². The third kappa shape index (κ3) is 6.64. The predicted octanol–water partition coefficient (Wildman–Crippen LogP) is 4.10. The van der Waals surface area contributed by atoms with Crippen molar-refractivity contribution in [2.24, 2.45) is 0 Å². The van der Waals surface area contributed by atoms with Crippen LogP contribution in [0.15, 0.2) is 11.3 Å². The van der Waals surface area contributed by atoms with Crippen molar-refractivity contribution in [2.75, 3.05) is 13.2 Å². The smallest absolute Gasteiger partial charge is 0.157 e. The van der Waals surface area contributed by atoms with Crippen LogP contribution in [0, 0.1) is 0 Å². The van der Waals surface area contributed by atoms with Crippen molar-refractivity contribution in [1.82, 2.24) is 5.32 Å². The summed E-state index contributed by atoms with van der Waals surface area (Å²) in [5, 5.41) is 3.51. The second-order valence-electron chi connectivity index (χ2n) is 6.91. The van der Waals surface area contributed by atoms with Gasteiger partial charge in [-0.25, -0.2) is 0 Å². The van der Waals surface area contributed by atoms with E-state index in [-0.39, 0.29) is 12.1 Å². The Labute approximate surface area is 141 Å². The molecule has 1 unspecified atom stereocenters. The van der Waals surface area contributed by atoms with E-state index in [4.69, 9.17) is 9.47 Å². The molecule has 4 nitrogen and oxygen atoms in total. The van der Waals surface area contributed by atoms with Gasteiger partial charge in [0.05, 0.1) is 0 Å². The zero-order valence-corrected chi connectivity index (χ0v) is 14.9. The highest BCUT2D eigenvalue weighted by Gasteiger charge is 2.19. The highest BCUT2D eigenvalue weighted by Crippen LogP contribution is 2.22. The lowest BCUT2D eigenvalue weighted by Gasteiger charge is -2.27. The number of carbonyl (C=O) groups is 1. The minimum atomic E-state index is 0.0559. The van der Waals surface area contributed by atoms with Crippen LogP contribution >= 0.6 is 0 Å². The molecule has 0 spiro atoms. The lowest BCUT2D eigenvalue weighted by molar-refractivity contribution is -0.162. The first-order valence-corrected chi connectivity index (χ1v) is 9.37. The number of Topliss-reactive ketones (excluding diaryl/α,β-unsaturated/α-hetero) is 1. The van der Waals surface area contributed by atoms with Crippen molar-refractivity contribution in [2.45, 2.75) is 90.4 Å². The van der Waals surface area contributed by atoms with Gasteiger partial charge in [-0.05, 0) is 58.8 Å². The molecule has 2 aliphatic heterocycles. The largest absolute Gasteiger partial charge is 0.386 e. The highest BCUT2D eigenvalue weighted by molar-refractivity contribution is 5.94. The topological polar surface area (TPSA) is 47.6 Å². The van der Waals surface area contributed by atoms with Crippen LogP contribution in [0.5, 0.6) is 0 Å². The molecule has 1 N–H and O–H groups in total. The molecular weight excluding hydrogens is 290 g/mol. The van der Waals surface area contributed by atoms with E-state index in [0.29, 0.717) is 6.04 Å². The number of ether oxygens (including phenoxy) is 2. The summed E-state index contributed by atoms with van der Waals surface area (Å²) in [4.78, 5) is 11.5. The third-order valence-corrected chi connectivity index (χ3v) is 4.93. The van der Waals surface area contributed by atoms with Crippen molar-refractivity contribution in [3.63, 3.8) is 0 Å². The molecule has 0 aromatic heterocycles. The molecule has 0 amide bonds. The minimum Gasteiger partial charge on any atom is -0.386 e. The molecule has 0 radical (unpaired) electrons. The number of rotatable bonds is 9. The summed E-state index contributed by atoms with van der Waals surface area (Å²) in [5.41, 5.74) is 2.08. The van der Waals surface area contributed by atoms with Crippen LogP contribution in [0.1, 0.15) is 78.1 Å². The molecule has 4 heteroatoms. The van der Waals surface area contributed by atoms with Crippen molar-refractivity contribution >= 4 is 5.78 Å². The maximum atomic E-state index is 11.5. The summed E-state index contributed by atoms with van der Waals surface area (Å²) < 4.78 is 11.3. The summed E-state index contributed by atoms with van der Waals surface area (Å²) >= 11 is 0. The summed E-state index contributed by atoms with van der Waals surface area (Å²) in [7, 11) is 0. The van der Waals surface area contributed by atoms with Crippen molar-refractivity contribution < 1.29 is 14.3 Å². The molecule has 1 fully saturated rings. The minimum absolute atomic E-state index is 0.0559. The number of hydrogen-bond donors (Lipinski definition) is 1. The Kier molecular flexibility index (Phi) is 8.10. The molecule has 132 valence electrons. The van der Waals surface area contributed by atoms with Gasteiger partial charge in [0.15, 0.2) is 12.1 Å².